The second-order valence-corrected chi connectivity index (χ2v) is 10.6. The van der Waals surface area contributed by atoms with Crippen molar-refractivity contribution in [3.8, 4) is 5.75 Å². The molecule has 2 aliphatic rings. The topological polar surface area (TPSA) is 124 Å². The molecule has 1 aliphatic heterocycles. The first-order valence-corrected chi connectivity index (χ1v) is 12.6. The van der Waals surface area contributed by atoms with Crippen LogP contribution >= 0.6 is 0 Å². The molecule has 1 aliphatic carbocycles. The third-order valence-electron chi connectivity index (χ3n) is 5.83. The summed E-state index contributed by atoms with van der Waals surface area (Å²) in [5.74, 6) is 1.46. The van der Waals surface area contributed by atoms with Crippen LogP contribution in [0, 0.1) is 5.92 Å². The average Bonchev–Trinajstić information content (AvgIpc) is 3.55. The van der Waals surface area contributed by atoms with Crippen molar-refractivity contribution in [2.75, 3.05) is 33.4 Å². The monoisotopic (exact) mass is 478 g/mol. The van der Waals surface area contributed by atoms with Crippen LogP contribution in [0.4, 0.5) is 0 Å². The zero-order valence-electron chi connectivity index (χ0n) is 19.1. The number of nitrogens with one attached hydrogen (secondary N) is 1. The Hall–Kier alpha value is -2.50. The molecule has 10 nitrogen and oxygen atoms in total. The predicted molar refractivity (Wildman–Crippen MR) is 118 cm³/mol. The zero-order chi connectivity index (χ0) is 23.6. The number of carbonyl (C=O) groups excluding carboxylic acids is 1. The quantitative estimate of drug-likeness (QED) is 0.581. The molecule has 4 rings (SSSR count). The lowest BCUT2D eigenvalue weighted by molar-refractivity contribution is -0.121. The maximum Gasteiger partial charge on any atom is 0.249 e. The Morgan fingerprint density at radius 3 is 2.64 bits per heavy atom. The summed E-state index contributed by atoms with van der Waals surface area (Å²) in [4.78, 5) is 17.4. The molecule has 1 saturated carbocycles. The van der Waals surface area contributed by atoms with E-state index in [9.17, 15) is 13.2 Å². The summed E-state index contributed by atoms with van der Waals surface area (Å²) in [6.07, 6.45) is 2.12. The molecule has 2 fully saturated rings. The van der Waals surface area contributed by atoms with Gasteiger partial charge in [0, 0.05) is 19.0 Å². The summed E-state index contributed by atoms with van der Waals surface area (Å²) in [7, 11) is -2.35. The lowest BCUT2D eigenvalue weighted by Gasteiger charge is -2.27. The van der Waals surface area contributed by atoms with E-state index in [1.54, 1.807) is 12.1 Å². The third kappa shape index (κ3) is 5.36. The van der Waals surface area contributed by atoms with Crippen LogP contribution in [0.25, 0.3) is 0 Å². The highest BCUT2D eigenvalue weighted by atomic mass is 32.2. The third-order valence-corrected chi connectivity index (χ3v) is 7.75. The molecule has 1 N–H and O–H groups in total. The number of hydrogen-bond donors (Lipinski definition) is 1. The van der Waals surface area contributed by atoms with E-state index in [1.807, 2.05) is 13.8 Å². The zero-order valence-corrected chi connectivity index (χ0v) is 19.9. The van der Waals surface area contributed by atoms with Crippen molar-refractivity contribution in [2.45, 2.75) is 50.0 Å². The van der Waals surface area contributed by atoms with E-state index >= 15 is 0 Å². The summed E-state index contributed by atoms with van der Waals surface area (Å²) in [6.45, 7) is 5.17. The van der Waals surface area contributed by atoms with Crippen molar-refractivity contribution in [1.29, 1.82) is 0 Å². The summed E-state index contributed by atoms with van der Waals surface area (Å²) < 4.78 is 43.7. The molecule has 1 amide bonds. The molecule has 1 aromatic carbocycles. The number of aromatic nitrogens is 2. The Bertz CT molecular complexity index is 1090. The fourth-order valence-electron chi connectivity index (χ4n) is 3.76. The lowest BCUT2D eigenvalue weighted by Crippen LogP contribution is -2.40. The highest BCUT2D eigenvalue weighted by Crippen LogP contribution is 2.38. The van der Waals surface area contributed by atoms with Gasteiger partial charge in [0.05, 0.1) is 26.7 Å². The normalized spacial score (nSPS) is 18.3. The van der Waals surface area contributed by atoms with Gasteiger partial charge in [-0.05, 0) is 36.5 Å². The number of sulfonamides is 1. The first kappa shape index (κ1) is 23.7. The van der Waals surface area contributed by atoms with Gasteiger partial charge in [0.1, 0.15) is 16.7 Å². The molecule has 0 bridgehead atoms. The van der Waals surface area contributed by atoms with E-state index < -0.39 is 16.1 Å². The van der Waals surface area contributed by atoms with Crippen LogP contribution in [-0.4, -0.2) is 62.2 Å². The number of methoxy groups -OCH3 is 1. The maximum atomic E-state index is 13.2. The molecular formula is C22H30N4O6S. The molecule has 1 atom stereocenters. The first-order chi connectivity index (χ1) is 15.8. The predicted octanol–water partition coefficient (Wildman–Crippen LogP) is 2.03. The Labute approximate surface area is 193 Å². The molecule has 11 heteroatoms. The van der Waals surface area contributed by atoms with Gasteiger partial charge in [-0.2, -0.15) is 9.29 Å². The summed E-state index contributed by atoms with van der Waals surface area (Å²) in [6, 6.07) is 4.35. The number of rotatable bonds is 9. The van der Waals surface area contributed by atoms with Crippen LogP contribution in [0.5, 0.6) is 5.75 Å². The Morgan fingerprint density at radius 1 is 1.27 bits per heavy atom. The molecule has 1 aromatic heterocycles. The second-order valence-electron chi connectivity index (χ2n) is 8.73. The Morgan fingerprint density at radius 2 is 2.00 bits per heavy atom. The van der Waals surface area contributed by atoms with E-state index in [0.717, 1.165) is 12.8 Å². The van der Waals surface area contributed by atoms with Gasteiger partial charge in [0.25, 0.3) is 0 Å². The number of nitrogens with zero attached hydrogens (tertiary/aromatic N) is 3. The number of hydrogen-bond acceptors (Lipinski definition) is 8. The second kappa shape index (κ2) is 9.78. The molecule has 1 saturated heterocycles. The minimum absolute atomic E-state index is 0.00245. The van der Waals surface area contributed by atoms with Crippen LogP contribution in [0.3, 0.4) is 0 Å². The molecule has 180 valence electrons. The smallest absolute Gasteiger partial charge is 0.249 e. The van der Waals surface area contributed by atoms with Crippen molar-refractivity contribution in [2.24, 2.45) is 5.92 Å². The molecular weight excluding hydrogens is 448 g/mol. The largest absolute Gasteiger partial charge is 0.495 e. The van der Waals surface area contributed by atoms with Crippen molar-refractivity contribution < 1.29 is 27.2 Å². The molecule has 33 heavy (non-hydrogen) atoms. The highest BCUT2D eigenvalue weighted by Gasteiger charge is 2.32. The van der Waals surface area contributed by atoms with E-state index in [2.05, 4.69) is 15.5 Å². The summed E-state index contributed by atoms with van der Waals surface area (Å²) in [5, 5.41) is 7.00. The molecule has 0 spiro atoms. The van der Waals surface area contributed by atoms with Crippen molar-refractivity contribution >= 4 is 15.9 Å². The van der Waals surface area contributed by atoms with Crippen molar-refractivity contribution in [3.63, 3.8) is 0 Å². The van der Waals surface area contributed by atoms with Crippen LogP contribution in [0.1, 0.15) is 55.9 Å². The van der Waals surface area contributed by atoms with Gasteiger partial charge in [0.2, 0.25) is 21.8 Å². The van der Waals surface area contributed by atoms with Crippen LogP contribution in [-0.2, 0) is 26.0 Å². The lowest BCUT2D eigenvalue weighted by atomic mass is 10.0. The number of amides is 1. The standard InChI is InChI=1S/C22H30N4O6S/c1-14(2)20(22-24-21(25-32-22)16-5-6-16)23-19(27)13-15-4-7-17(30-3)18(12-15)33(28,29)26-8-10-31-11-9-26/h4,7,12,14,16,20H,5-6,8-11,13H2,1-3H3,(H,23,27). The van der Waals surface area contributed by atoms with E-state index in [0.29, 0.717) is 36.4 Å². The average molecular weight is 479 g/mol. The van der Waals surface area contributed by atoms with Crippen molar-refractivity contribution in [3.05, 3.63) is 35.5 Å². The molecule has 2 heterocycles. The van der Waals surface area contributed by atoms with Crippen LogP contribution < -0.4 is 10.1 Å². The number of ether oxygens (including phenoxy) is 2. The van der Waals surface area contributed by atoms with Gasteiger partial charge in [-0.15, -0.1) is 0 Å². The van der Waals surface area contributed by atoms with Crippen molar-refractivity contribution in [1.82, 2.24) is 19.8 Å². The van der Waals surface area contributed by atoms with Crippen LogP contribution in [0.2, 0.25) is 0 Å². The molecule has 0 radical (unpaired) electrons. The Balaban J connectivity index is 1.50. The molecule has 1 unspecified atom stereocenters. The SMILES string of the molecule is COc1ccc(CC(=O)NC(c2nc(C3CC3)no2)C(C)C)cc1S(=O)(=O)N1CCOCC1. The van der Waals surface area contributed by atoms with Gasteiger partial charge in [0.15, 0.2) is 5.82 Å². The van der Waals surface area contributed by atoms with Crippen LogP contribution in [0.15, 0.2) is 27.6 Å². The Kier molecular flexibility index (Phi) is 7.01. The fourth-order valence-corrected chi connectivity index (χ4v) is 5.38. The number of benzene rings is 1. The summed E-state index contributed by atoms with van der Waals surface area (Å²) >= 11 is 0. The maximum absolute atomic E-state index is 13.2. The highest BCUT2D eigenvalue weighted by molar-refractivity contribution is 7.89. The minimum atomic E-state index is -3.78. The van der Waals surface area contributed by atoms with Gasteiger partial charge < -0.3 is 19.3 Å². The van der Waals surface area contributed by atoms with Gasteiger partial charge >= 0.3 is 0 Å². The van der Waals surface area contributed by atoms with E-state index in [-0.39, 0.29) is 42.0 Å². The van der Waals surface area contributed by atoms with Gasteiger partial charge in [-0.25, -0.2) is 8.42 Å². The number of carbonyl (C=O) groups is 1. The fraction of sp³-hybridized carbons (Fsp3) is 0.591. The number of morpholine rings is 1. The van der Waals surface area contributed by atoms with Gasteiger partial charge in [-0.3, -0.25) is 4.79 Å². The summed E-state index contributed by atoms with van der Waals surface area (Å²) in [5.41, 5.74) is 0.562. The first-order valence-electron chi connectivity index (χ1n) is 11.2. The van der Waals surface area contributed by atoms with E-state index in [1.165, 1.54) is 17.5 Å². The molecule has 2 aromatic rings. The minimum Gasteiger partial charge on any atom is -0.495 e. The van der Waals surface area contributed by atoms with Gasteiger partial charge in [-0.1, -0.05) is 25.1 Å². The van der Waals surface area contributed by atoms with E-state index in [4.69, 9.17) is 14.0 Å².